The second-order valence-electron chi connectivity index (χ2n) is 7.23. The van der Waals surface area contributed by atoms with Crippen LogP contribution in [0.5, 0.6) is 0 Å². The fourth-order valence-electron chi connectivity index (χ4n) is 3.84. The number of piperidine rings is 1. The Morgan fingerprint density at radius 2 is 1.81 bits per heavy atom. The van der Waals surface area contributed by atoms with Crippen LogP contribution in [0.25, 0.3) is 5.65 Å². The Hall–Kier alpha value is -2.24. The molecule has 1 N–H and O–H groups in total. The Morgan fingerprint density at radius 3 is 2.62 bits per heavy atom. The second-order valence-corrected chi connectivity index (χ2v) is 7.23. The lowest BCUT2D eigenvalue weighted by molar-refractivity contribution is 0.193. The summed E-state index contributed by atoms with van der Waals surface area (Å²) in [6.45, 7) is 5.67. The molecule has 0 spiro atoms. The fourth-order valence-corrected chi connectivity index (χ4v) is 3.84. The van der Waals surface area contributed by atoms with E-state index in [1.54, 1.807) is 0 Å². The van der Waals surface area contributed by atoms with Crippen molar-refractivity contribution >= 4 is 5.65 Å². The number of nitrogens with zero attached hydrogens (tertiary/aromatic N) is 4. The van der Waals surface area contributed by atoms with Crippen molar-refractivity contribution < 1.29 is 0 Å². The number of benzene rings is 1. The first kappa shape index (κ1) is 17.2. The molecular weight excluding hydrogens is 322 g/mol. The van der Waals surface area contributed by atoms with Gasteiger partial charge in [-0.05, 0) is 57.0 Å². The van der Waals surface area contributed by atoms with E-state index >= 15 is 0 Å². The standard InChI is InChI=1S/C21H27N5/c1-17(21-24-23-20-9-5-6-13-26(20)21)22-19-11-15-25(16-12-19)14-10-18-7-3-2-4-8-18/h2-9,13,17,19,22H,10-12,14-16H2,1H3. The van der Waals surface area contributed by atoms with Crippen molar-refractivity contribution in [2.24, 2.45) is 0 Å². The predicted molar refractivity (Wildman–Crippen MR) is 104 cm³/mol. The first-order valence-corrected chi connectivity index (χ1v) is 9.61. The maximum Gasteiger partial charge on any atom is 0.160 e. The molecule has 3 aromatic rings. The maximum absolute atomic E-state index is 4.38. The summed E-state index contributed by atoms with van der Waals surface area (Å²) in [4.78, 5) is 2.59. The van der Waals surface area contributed by atoms with Gasteiger partial charge in [-0.25, -0.2) is 0 Å². The third-order valence-electron chi connectivity index (χ3n) is 5.36. The predicted octanol–water partition coefficient (Wildman–Crippen LogP) is 3.09. The highest BCUT2D eigenvalue weighted by Gasteiger charge is 2.22. The summed E-state index contributed by atoms with van der Waals surface area (Å²) >= 11 is 0. The van der Waals surface area contributed by atoms with Gasteiger partial charge in [0.1, 0.15) is 0 Å². The van der Waals surface area contributed by atoms with Gasteiger partial charge in [0.05, 0.1) is 6.04 Å². The molecule has 1 unspecified atom stereocenters. The average molecular weight is 349 g/mol. The van der Waals surface area contributed by atoms with Crippen molar-refractivity contribution in [1.29, 1.82) is 0 Å². The van der Waals surface area contributed by atoms with Gasteiger partial charge >= 0.3 is 0 Å². The first-order chi connectivity index (χ1) is 12.8. The normalized spacial score (nSPS) is 17.6. The van der Waals surface area contributed by atoms with Crippen LogP contribution in [-0.2, 0) is 6.42 Å². The Balaban J connectivity index is 1.27. The molecule has 2 aromatic heterocycles. The molecule has 5 nitrogen and oxygen atoms in total. The molecule has 1 aliphatic heterocycles. The minimum absolute atomic E-state index is 0.202. The maximum atomic E-state index is 4.38. The molecule has 0 radical (unpaired) electrons. The van der Waals surface area contributed by atoms with Crippen LogP contribution < -0.4 is 5.32 Å². The lowest BCUT2D eigenvalue weighted by Gasteiger charge is -2.33. The topological polar surface area (TPSA) is 45.5 Å². The van der Waals surface area contributed by atoms with Crippen LogP contribution in [0.15, 0.2) is 54.7 Å². The van der Waals surface area contributed by atoms with Gasteiger partial charge in [0.25, 0.3) is 0 Å². The van der Waals surface area contributed by atoms with Gasteiger partial charge in [-0.3, -0.25) is 4.40 Å². The molecule has 0 saturated carbocycles. The third kappa shape index (κ3) is 3.94. The van der Waals surface area contributed by atoms with Crippen LogP contribution in [0.2, 0.25) is 0 Å². The van der Waals surface area contributed by atoms with Gasteiger partial charge in [-0.1, -0.05) is 36.4 Å². The van der Waals surface area contributed by atoms with Gasteiger partial charge in [0, 0.05) is 18.8 Å². The second kappa shape index (κ2) is 7.98. The number of rotatable bonds is 6. The minimum Gasteiger partial charge on any atom is -0.305 e. The van der Waals surface area contributed by atoms with Gasteiger partial charge < -0.3 is 10.2 Å². The van der Waals surface area contributed by atoms with Gasteiger partial charge in [-0.2, -0.15) is 0 Å². The zero-order valence-corrected chi connectivity index (χ0v) is 15.4. The molecular formula is C21H27N5. The van der Waals surface area contributed by atoms with Crippen molar-refractivity contribution in [2.45, 2.75) is 38.3 Å². The van der Waals surface area contributed by atoms with Crippen molar-refractivity contribution in [3.8, 4) is 0 Å². The largest absolute Gasteiger partial charge is 0.305 e. The number of hydrogen-bond donors (Lipinski definition) is 1. The summed E-state index contributed by atoms with van der Waals surface area (Å²) in [6, 6.07) is 17.5. The monoisotopic (exact) mass is 349 g/mol. The Morgan fingerprint density at radius 1 is 1.04 bits per heavy atom. The van der Waals surface area contributed by atoms with Crippen molar-refractivity contribution in [3.05, 3.63) is 66.1 Å². The van der Waals surface area contributed by atoms with E-state index in [9.17, 15) is 0 Å². The summed E-state index contributed by atoms with van der Waals surface area (Å²) in [6.07, 6.45) is 5.56. The Bertz CT molecular complexity index is 821. The smallest absolute Gasteiger partial charge is 0.160 e. The number of pyridine rings is 1. The average Bonchev–Trinajstić information content (AvgIpc) is 3.12. The number of nitrogens with one attached hydrogen (secondary N) is 1. The number of fused-ring (bicyclic) bond motifs is 1. The number of likely N-dealkylation sites (tertiary alicyclic amines) is 1. The highest BCUT2D eigenvalue weighted by Crippen LogP contribution is 2.17. The lowest BCUT2D eigenvalue weighted by Crippen LogP contribution is -2.44. The molecule has 1 aliphatic rings. The molecule has 0 bridgehead atoms. The Kier molecular flexibility index (Phi) is 5.27. The zero-order chi connectivity index (χ0) is 17.8. The van der Waals surface area contributed by atoms with Gasteiger partial charge in [0.2, 0.25) is 0 Å². The molecule has 3 heterocycles. The molecule has 4 rings (SSSR count). The van der Waals surface area contributed by atoms with Crippen molar-refractivity contribution in [3.63, 3.8) is 0 Å². The zero-order valence-electron chi connectivity index (χ0n) is 15.4. The van der Waals surface area contributed by atoms with Crippen LogP contribution in [0, 0.1) is 0 Å². The summed E-state index contributed by atoms with van der Waals surface area (Å²) in [7, 11) is 0. The fraction of sp³-hybridized carbons (Fsp3) is 0.429. The SMILES string of the molecule is CC(NC1CCN(CCc2ccccc2)CC1)c1nnc2ccccn12. The van der Waals surface area contributed by atoms with Gasteiger partial charge in [-0.15, -0.1) is 10.2 Å². The van der Waals surface area contributed by atoms with E-state index in [2.05, 4.69) is 62.1 Å². The quantitative estimate of drug-likeness (QED) is 0.743. The highest BCUT2D eigenvalue weighted by atomic mass is 15.3. The first-order valence-electron chi connectivity index (χ1n) is 9.61. The van der Waals surface area contributed by atoms with E-state index in [4.69, 9.17) is 0 Å². The van der Waals surface area contributed by atoms with E-state index < -0.39 is 0 Å². The van der Waals surface area contributed by atoms with Crippen LogP contribution >= 0.6 is 0 Å². The van der Waals surface area contributed by atoms with Crippen molar-refractivity contribution in [2.75, 3.05) is 19.6 Å². The van der Waals surface area contributed by atoms with Crippen LogP contribution in [0.4, 0.5) is 0 Å². The van der Waals surface area contributed by atoms with E-state index in [0.29, 0.717) is 6.04 Å². The molecule has 5 heteroatoms. The molecule has 0 amide bonds. The molecule has 1 aromatic carbocycles. The molecule has 1 saturated heterocycles. The van der Waals surface area contributed by atoms with Crippen LogP contribution in [0.1, 0.15) is 37.2 Å². The van der Waals surface area contributed by atoms with Gasteiger partial charge in [0.15, 0.2) is 11.5 Å². The third-order valence-corrected chi connectivity index (χ3v) is 5.36. The molecule has 26 heavy (non-hydrogen) atoms. The molecule has 1 atom stereocenters. The van der Waals surface area contributed by atoms with E-state index in [0.717, 1.165) is 37.5 Å². The summed E-state index contributed by atoms with van der Waals surface area (Å²) in [5, 5.41) is 12.4. The number of hydrogen-bond acceptors (Lipinski definition) is 4. The summed E-state index contributed by atoms with van der Waals surface area (Å²) < 4.78 is 2.08. The van der Waals surface area contributed by atoms with Crippen LogP contribution in [0.3, 0.4) is 0 Å². The minimum atomic E-state index is 0.202. The van der Waals surface area contributed by atoms with E-state index in [-0.39, 0.29) is 6.04 Å². The van der Waals surface area contributed by atoms with E-state index in [1.807, 2.05) is 24.4 Å². The lowest BCUT2D eigenvalue weighted by atomic mass is 10.0. The number of aromatic nitrogens is 3. The summed E-state index contributed by atoms with van der Waals surface area (Å²) in [5.41, 5.74) is 2.34. The van der Waals surface area contributed by atoms with Crippen LogP contribution in [-0.4, -0.2) is 45.2 Å². The van der Waals surface area contributed by atoms with E-state index in [1.165, 1.54) is 18.4 Å². The molecule has 136 valence electrons. The summed E-state index contributed by atoms with van der Waals surface area (Å²) in [5.74, 6) is 0.993. The molecule has 0 aliphatic carbocycles. The van der Waals surface area contributed by atoms with Crippen molar-refractivity contribution in [1.82, 2.24) is 24.8 Å². The highest BCUT2D eigenvalue weighted by molar-refractivity contribution is 5.37. The molecule has 1 fully saturated rings. The Labute approximate surface area is 155 Å².